The van der Waals surface area contributed by atoms with Crippen LogP contribution in [0.15, 0.2) is 48.5 Å². The molecule has 2 aromatic rings. The lowest BCUT2D eigenvalue weighted by Gasteiger charge is -2.06. The van der Waals surface area contributed by atoms with Gasteiger partial charge in [-0.1, -0.05) is 94.7 Å². The summed E-state index contributed by atoms with van der Waals surface area (Å²) in [5, 5.41) is 11.0. The average molecular weight is 413 g/mol. The van der Waals surface area contributed by atoms with E-state index in [0.717, 1.165) is 37.7 Å². The quantitative estimate of drug-likeness (QED) is 0.161. The molecule has 0 bridgehead atoms. The van der Waals surface area contributed by atoms with E-state index in [1.807, 2.05) is 0 Å². The summed E-state index contributed by atoms with van der Waals surface area (Å²) in [7, 11) is 0. The molecule has 0 aliphatic heterocycles. The van der Waals surface area contributed by atoms with Crippen molar-refractivity contribution >= 4 is 5.69 Å². The zero-order valence-electron chi connectivity index (χ0n) is 19.4. The number of nitro groups is 1. The lowest BCUT2D eigenvalue weighted by molar-refractivity contribution is -0.385. The van der Waals surface area contributed by atoms with Gasteiger partial charge in [0.2, 0.25) is 0 Å². The van der Waals surface area contributed by atoms with Crippen LogP contribution in [0.5, 0.6) is 5.75 Å². The van der Waals surface area contributed by atoms with E-state index in [-0.39, 0.29) is 12.1 Å². The normalized spacial score (nSPS) is 12.4. The third-order valence-corrected chi connectivity index (χ3v) is 5.44. The van der Waals surface area contributed by atoms with Crippen molar-refractivity contribution in [2.45, 2.75) is 83.9 Å². The molecule has 0 radical (unpaired) electrons. The maximum atomic E-state index is 11.0. The summed E-state index contributed by atoms with van der Waals surface area (Å²) in [4.78, 5) is 10.6. The van der Waals surface area contributed by atoms with Crippen LogP contribution in [0.2, 0.25) is 0 Å². The summed E-state index contributed by atoms with van der Waals surface area (Å²) < 4.78 is 13.9. The molecular weight excluding hydrogens is 374 g/mol. The molecular formula is C26H37NO3. The van der Waals surface area contributed by atoms with Crippen LogP contribution in [0.25, 0.3) is 0 Å². The van der Waals surface area contributed by atoms with Gasteiger partial charge in [-0.15, -0.1) is 0 Å². The molecule has 0 aliphatic rings. The van der Waals surface area contributed by atoms with Gasteiger partial charge >= 0.3 is 5.69 Å². The van der Waals surface area contributed by atoms with E-state index >= 15 is 0 Å². The minimum atomic E-state index is -0.400. The number of rotatable bonds is 16. The summed E-state index contributed by atoms with van der Waals surface area (Å²) in [5.74, 6) is 0.361. The lowest BCUT2D eigenvalue weighted by Crippen LogP contribution is -2.00. The van der Waals surface area contributed by atoms with Gasteiger partial charge < -0.3 is 4.74 Å². The highest BCUT2D eigenvalue weighted by Gasteiger charge is 2.12. The van der Waals surface area contributed by atoms with Crippen molar-refractivity contribution in [1.29, 1.82) is 0 Å². The van der Waals surface area contributed by atoms with Crippen LogP contribution in [0.4, 0.5) is 5.69 Å². The van der Waals surface area contributed by atoms with Gasteiger partial charge in [0.1, 0.15) is 0 Å². The van der Waals surface area contributed by atoms with Crippen molar-refractivity contribution in [2.75, 3.05) is 6.61 Å². The van der Waals surface area contributed by atoms with E-state index < -0.39 is 4.92 Å². The first kappa shape index (κ1) is 22.3. The Kier molecular flexibility index (Phi) is 10.9. The molecule has 0 amide bonds. The SMILES string of the molecule is [2H]C(CCCCCCCCCCCOc1ccccc1[N+](=O)[O-])c1ccc(CC)cc1. The minimum Gasteiger partial charge on any atom is -0.487 e. The summed E-state index contributed by atoms with van der Waals surface area (Å²) in [6.45, 7) is 2.68. The fourth-order valence-corrected chi connectivity index (χ4v) is 3.55. The van der Waals surface area contributed by atoms with Crippen molar-refractivity contribution in [2.24, 2.45) is 0 Å². The lowest BCUT2D eigenvalue weighted by atomic mass is 10.0. The number of hydrogen-bond acceptors (Lipinski definition) is 3. The Morgan fingerprint density at radius 3 is 1.93 bits per heavy atom. The maximum absolute atomic E-state index is 11.0. The summed E-state index contributed by atoms with van der Waals surface area (Å²) >= 11 is 0. The molecule has 0 saturated heterocycles. The van der Waals surface area contributed by atoms with Gasteiger partial charge in [-0.3, -0.25) is 10.1 Å². The molecule has 30 heavy (non-hydrogen) atoms. The number of ether oxygens (including phenoxy) is 1. The van der Waals surface area contributed by atoms with Crippen LogP contribution in [-0.2, 0) is 12.8 Å². The highest BCUT2D eigenvalue weighted by molar-refractivity contribution is 5.45. The smallest absolute Gasteiger partial charge is 0.310 e. The second kappa shape index (κ2) is 14.6. The van der Waals surface area contributed by atoms with Gasteiger partial charge in [-0.05, 0) is 42.9 Å². The molecule has 1 unspecified atom stereocenters. The largest absolute Gasteiger partial charge is 0.487 e. The third-order valence-electron chi connectivity index (χ3n) is 5.44. The summed E-state index contributed by atoms with van der Waals surface area (Å²) in [5.41, 5.74) is 2.51. The highest BCUT2D eigenvalue weighted by atomic mass is 16.6. The van der Waals surface area contributed by atoms with Crippen molar-refractivity contribution in [3.05, 3.63) is 69.8 Å². The van der Waals surface area contributed by atoms with Crippen LogP contribution < -0.4 is 4.74 Å². The van der Waals surface area contributed by atoms with Gasteiger partial charge in [0, 0.05) is 7.44 Å². The van der Waals surface area contributed by atoms with E-state index in [1.54, 1.807) is 18.2 Å². The van der Waals surface area contributed by atoms with E-state index in [2.05, 4.69) is 31.2 Å². The molecule has 2 rings (SSSR count). The first-order valence-electron chi connectivity index (χ1n) is 12.1. The zero-order valence-corrected chi connectivity index (χ0v) is 18.4. The third kappa shape index (κ3) is 9.43. The van der Waals surface area contributed by atoms with Crippen LogP contribution in [0.3, 0.4) is 0 Å². The van der Waals surface area contributed by atoms with Crippen molar-refractivity contribution in [1.82, 2.24) is 0 Å². The molecule has 1 atom stereocenters. The van der Waals surface area contributed by atoms with Crippen molar-refractivity contribution in [3.8, 4) is 5.75 Å². The molecule has 4 heteroatoms. The number of unbranched alkanes of at least 4 members (excludes halogenated alkanes) is 8. The second-order valence-electron chi connectivity index (χ2n) is 7.84. The fraction of sp³-hybridized carbons (Fsp3) is 0.538. The highest BCUT2D eigenvalue weighted by Crippen LogP contribution is 2.26. The van der Waals surface area contributed by atoms with Gasteiger partial charge in [-0.25, -0.2) is 0 Å². The predicted molar refractivity (Wildman–Crippen MR) is 124 cm³/mol. The average Bonchev–Trinajstić information content (AvgIpc) is 2.79. The molecule has 164 valence electrons. The molecule has 0 saturated carbocycles. The van der Waals surface area contributed by atoms with E-state index in [9.17, 15) is 10.1 Å². The number of hydrogen-bond donors (Lipinski definition) is 0. The van der Waals surface area contributed by atoms with Crippen molar-refractivity contribution < 1.29 is 11.0 Å². The Hall–Kier alpha value is -2.36. The van der Waals surface area contributed by atoms with Crippen molar-refractivity contribution in [3.63, 3.8) is 0 Å². The van der Waals surface area contributed by atoms with Crippen LogP contribution >= 0.6 is 0 Å². The minimum absolute atomic E-state index is 0.0358. The van der Waals surface area contributed by atoms with Gasteiger partial charge in [0.25, 0.3) is 0 Å². The number of benzene rings is 2. The number of para-hydroxylation sites is 2. The second-order valence-corrected chi connectivity index (χ2v) is 7.84. The number of aryl methyl sites for hydroxylation is 2. The first-order valence-corrected chi connectivity index (χ1v) is 11.5. The molecule has 2 aromatic carbocycles. The predicted octanol–water partition coefficient (Wildman–Crippen LogP) is 7.68. The zero-order chi connectivity index (χ0) is 22.3. The molecule has 4 nitrogen and oxygen atoms in total. The van der Waals surface area contributed by atoms with Crippen LogP contribution in [0, 0.1) is 10.1 Å². The molecule has 0 aliphatic carbocycles. The van der Waals surface area contributed by atoms with Gasteiger partial charge in [-0.2, -0.15) is 0 Å². The van der Waals surface area contributed by atoms with Gasteiger partial charge in [0.05, 0.1) is 11.5 Å². The van der Waals surface area contributed by atoms with E-state index in [1.165, 1.54) is 50.2 Å². The van der Waals surface area contributed by atoms with E-state index in [0.29, 0.717) is 12.4 Å². The van der Waals surface area contributed by atoms with Gasteiger partial charge in [0.15, 0.2) is 5.75 Å². The topological polar surface area (TPSA) is 52.4 Å². The molecule has 0 spiro atoms. The maximum Gasteiger partial charge on any atom is 0.310 e. The fourth-order valence-electron chi connectivity index (χ4n) is 3.55. The van der Waals surface area contributed by atoms with Crippen LogP contribution in [0.1, 0.15) is 83.6 Å². The Balaban J connectivity index is 1.42. The number of nitro benzene ring substituents is 1. The Labute approximate surface area is 183 Å². The van der Waals surface area contributed by atoms with E-state index in [4.69, 9.17) is 6.11 Å². The monoisotopic (exact) mass is 412 g/mol. The molecule has 0 N–H and O–H groups in total. The molecule has 0 heterocycles. The molecule has 0 aromatic heterocycles. The van der Waals surface area contributed by atoms with Crippen LogP contribution in [-0.4, -0.2) is 11.5 Å². The standard InChI is InChI=1S/C26H37NO3/c1-2-23-18-20-24(21-19-23)15-11-9-7-5-3-4-6-8-10-14-22-30-26-17-13-12-16-25(26)27(28)29/h12-13,16-21H,2-11,14-15,22H2,1H3/i15D. The Morgan fingerprint density at radius 1 is 0.800 bits per heavy atom. The Bertz CT molecular complexity index is 764. The summed E-state index contributed by atoms with van der Waals surface area (Å²) in [6, 6.07) is 15.1. The molecule has 0 fully saturated rings. The first-order chi connectivity index (χ1) is 15.1. The number of nitrogens with zero attached hydrogens (tertiary/aromatic N) is 1. The summed E-state index contributed by atoms with van der Waals surface area (Å²) in [6.07, 6.45) is 12.5. The Morgan fingerprint density at radius 2 is 1.33 bits per heavy atom.